The molecule has 0 amide bonds. The molecule has 0 saturated heterocycles. The fourth-order valence-corrected chi connectivity index (χ4v) is 1.80. The minimum absolute atomic E-state index is 0.234. The van der Waals surface area contributed by atoms with E-state index in [4.69, 9.17) is 16.3 Å². The second-order valence-electron chi connectivity index (χ2n) is 3.26. The number of methoxy groups -OCH3 is 1. The molecule has 17 heavy (non-hydrogen) atoms. The number of benzene rings is 1. The zero-order valence-corrected chi connectivity index (χ0v) is 11.2. The van der Waals surface area contributed by atoms with Gasteiger partial charge in [0, 0.05) is 11.8 Å². The lowest BCUT2D eigenvalue weighted by Gasteiger charge is -2.05. The van der Waals surface area contributed by atoms with Crippen LogP contribution in [0.1, 0.15) is 0 Å². The zero-order valence-electron chi connectivity index (χ0n) is 8.83. The molecular formula is C11H8BrClN2O2. The van der Waals surface area contributed by atoms with Crippen molar-refractivity contribution in [3.05, 3.63) is 44.2 Å². The van der Waals surface area contributed by atoms with Crippen LogP contribution in [-0.4, -0.2) is 17.1 Å². The molecule has 88 valence electrons. The van der Waals surface area contributed by atoms with Crippen molar-refractivity contribution in [3.63, 3.8) is 0 Å². The second kappa shape index (κ2) is 4.89. The van der Waals surface area contributed by atoms with Gasteiger partial charge in [-0.05, 0) is 34.1 Å². The van der Waals surface area contributed by atoms with Crippen LogP contribution in [0, 0.1) is 0 Å². The normalized spacial score (nSPS) is 10.3. The fraction of sp³-hybridized carbons (Fsp3) is 0.0909. The standard InChI is InChI=1S/C11H8BrClN2O2/c1-17-9-3-2-6(4-8(9)13)10-14-5-7(12)11(16)15-10/h2-5H,1H3,(H,14,15,16). The van der Waals surface area contributed by atoms with Gasteiger partial charge in [0.1, 0.15) is 16.0 Å². The number of ether oxygens (including phenoxy) is 1. The Bertz CT molecular complexity index is 613. The minimum Gasteiger partial charge on any atom is -0.495 e. The molecule has 0 saturated carbocycles. The van der Waals surface area contributed by atoms with Crippen molar-refractivity contribution in [3.8, 4) is 17.1 Å². The summed E-state index contributed by atoms with van der Waals surface area (Å²) in [7, 11) is 1.54. The first-order valence-corrected chi connectivity index (χ1v) is 5.87. The number of aromatic nitrogens is 2. The van der Waals surface area contributed by atoms with E-state index in [0.717, 1.165) is 5.56 Å². The number of hydrogen-bond acceptors (Lipinski definition) is 3. The lowest BCUT2D eigenvalue weighted by atomic mass is 10.2. The van der Waals surface area contributed by atoms with Crippen molar-refractivity contribution in [1.29, 1.82) is 0 Å². The number of nitrogens with zero attached hydrogens (tertiary/aromatic N) is 1. The maximum atomic E-state index is 11.4. The van der Waals surface area contributed by atoms with Crippen LogP contribution in [0.3, 0.4) is 0 Å². The summed E-state index contributed by atoms with van der Waals surface area (Å²) in [6.45, 7) is 0. The summed E-state index contributed by atoms with van der Waals surface area (Å²) >= 11 is 9.08. The van der Waals surface area contributed by atoms with Gasteiger partial charge in [-0.3, -0.25) is 4.79 Å². The highest BCUT2D eigenvalue weighted by atomic mass is 79.9. The number of halogens is 2. The quantitative estimate of drug-likeness (QED) is 0.927. The van der Waals surface area contributed by atoms with Crippen molar-refractivity contribution in [2.75, 3.05) is 7.11 Å². The summed E-state index contributed by atoms with van der Waals surface area (Å²) in [5, 5.41) is 0.468. The van der Waals surface area contributed by atoms with Gasteiger partial charge in [0.05, 0.1) is 12.1 Å². The predicted molar refractivity (Wildman–Crippen MR) is 69.6 cm³/mol. The Morgan fingerprint density at radius 1 is 1.47 bits per heavy atom. The van der Waals surface area contributed by atoms with Crippen LogP contribution in [0.2, 0.25) is 5.02 Å². The minimum atomic E-state index is -0.234. The molecule has 1 aromatic carbocycles. The number of aromatic amines is 1. The van der Waals surface area contributed by atoms with Crippen molar-refractivity contribution in [2.24, 2.45) is 0 Å². The third kappa shape index (κ3) is 2.50. The average molecular weight is 316 g/mol. The molecule has 0 aliphatic carbocycles. The van der Waals surface area contributed by atoms with Crippen molar-refractivity contribution >= 4 is 27.5 Å². The molecule has 0 unspecified atom stereocenters. The molecule has 0 fully saturated rings. The molecule has 6 heteroatoms. The van der Waals surface area contributed by atoms with Crippen molar-refractivity contribution in [2.45, 2.75) is 0 Å². The van der Waals surface area contributed by atoms with E-state index >= 15 is 0 Å². The van der Waals surface area contributed by atoms with Gasteiger partial charge in [0.25, 0.3) is 5.56 Å². The number of rotatable bonds is 2. The van der Waals surface area contributed by atoms with Gasteiger partial charge in [0.15, 0.2) is 0 Å². The van der Waals surface area contributed by atoms with Gasteiger partial charge >= 0.3 is 0 Å². The second-order valence-corrected chi connectivity index (χ2v) is 4.52. The molecule has 2 rings (SSSR count). The van der Waals surface area contributed by atoms with Crippen LogP contribution >= 0.6 is 27.5 Å². The van der Waals surface area contributed by atoms with Crippen LogP contribution in [0.5, 0.6) is 5.75 Å². The molecule has 1 heterocycles. The van der Waals surface area contributed by atoms with E-state index in [1.54, 1.807) is 25.3 Å². The van der Waals surface area contributed by atoms with Gasteiger partial charge < -0.3 is 9.72 Å². The maximum absolute atomic E-state index is 11.4. The molecule has 1 N–H and O–H groups in total. The summed E-state index contributed by atoms with van der Waals surface area (Å²) < 4.78 is 5.44. The van der Waals surface area contributed by atoms with Crippen LogP contribution in [0.4, 0.5) is 0 Å². The number of nitrogens with one attached hydrogen (secondary N) is 1. The van der Waals surface area contributed by atoms with Gasteiger partial charge in [-0.15, -0.1) is 0 Å². The molecule has 1 aromatic heterocycles. The highest BCUT2D eigenvalue weighted by Crippen LogP contribution is 2.28. The Morgan fingerprint density at radius 3 is 2.82 bits per heavy atom. The van der Waals surface area contributed by atoms with Gasteiger partial charge in [-0.25, -0.2) is 4.98 Å². The Morgan fingerprint density at radius 2 is 2.24 bits per heavy atom. The Hall–Kier alpha value is -1.33. The summed E-state index contributed by atoms with van der Waals surface area (Å²) in [4.78, 5) is 18.2. The van der Waals surface area contributed by atoms with Crippen LogP contribution in [-0.2, 0) is 0 Å². The van der Waals surface area contributed by atoms with Crippen LogP contribution in [0.15, 0.2) is 33.7 Å². The molecule has 0 aliphatic rings. The third-order valence-corrected chi connectivity index (χ3v) is 3.04. The Kier molecular flexibility index (Phi) is 3.49. The molecule has 0 spiro atoms. The van der Waals surface area contributed by atoms with Gasteiger partial charge in [-0.2, -0.15) is 0 Å². The van der Waals surface area contributed by atoms with E-state index in [9.17, 15) is 4.79 Å². The highest BCUT2D eigenvalue weighted by Gasteiger charge is 2.06. The molecule has 0 aliphatic heterocycles. The molecule has 0 atom stereocenters. The zero-order chi connectivity index (χ0) is 12.4. The largest absolute Gasteiger partial charge is 0.495 e. The van der Waals surface area contributed by atoms with Crippen molar-refractivity contribution in [1.82, 2.24) is 9.97 Å². The van der Waals surface area contributed by atoms with Gasteiger partial charge in [-0.1, -0.05) is 11.6 Å². The summed E-state index contributed by atoms with van der Waals surface area (Å²) in [6, 6.07) is 5.18. The lowest BCUT2D eigenvalue weighted by molar-refractivity contribution is 0.415. The third-order valence-electron chi connectivity index (χ3n) is 2.18. The smallest absolute Gasteiger partial charge is 0.265 e. The van der Waals surface area contributed by atoms with Gasteiger partial charge in [0.2, 0.25) is 0 Å². The summed E-state index contributed by atoms with van der Waals surface area (Å²) in [6.07, 6.45) is 1.45. The van der Waals surface area contributed by atoms with Crippen LogP contribution < -0.4 is 10.3 Å². The average Bonchev–Trinajstić information content (AvgIpc) is 2.32. The van der Waals surface area contributed by atoms with Crippen molar-refractivity contribution < 1.29 is 4.74 Å². The number of H-pyrrole nitrogens is 1. The highest BCUT2D eigenvalue weighted by molar-refractivity contribution is 9.10. The topological polar surface area (TPSA) is 55.0 Å². The van der Waals surface area contributed by atoms with E-state index in [1.807, 2.05) is 0 Å². The molecular weight excluding hydrogens is 307 g/mol. The first kappa shape index (κ1) is 12.1. The molecule has 2 aromatic rings. The van der Waals surface area contributed by atoms with E-state index in [1.165, 1.54) is 6.20 Å². The first-order chi connectivity index (χ1) is 8.11. The Balaban J connectivity index is 2.50. The fourth-order valence-electron chi connectivity index (χ4n) is 1.34. The molecule has 0 radical (unpaired) electrons. The lowest BCUT2D eigenvalue weighted by Crippen LogP contribution is -2.08. The SMILES string of the molecule is COc1ccc(-c2ncc(Br)c(=O)[nH]2)cc1Cl. The van der Waals surface area contributed by atoms with E-state index in [0.29, 0.717) is 21.1 Å². The van der Waals surface area contributed by atoms with E-state index < -0.39 is 0 Å². The summed E-state index contributed by atoms with van der Waals surface area (Å²) in [5.41, 5.74) is 0.488. The number of hydrogen-bond donors (Lipinski definition) is 1. The maximum Gasteiger partial charge on any atom is 0.265 e. The summed E-state index contributed by atoms with van der Waals surface area (Å²) in [5.74, 6) is 1.04. The first-order valence-electron chi connectivity index (χ1n) is 4.70. The monoisotopic (exact) mass is 314 g/mol. The van der Waals surface area contributed by atoms with E-state index in [-0.39, 0.29) is 5.56 Å². The van der Waals surface area contributed by atoms with E-state index in [2.05, 4.69) is 25.9 Å². The van der Waals surface area contributed by atoms with Crippen LogP contribution in [0.25, 0.3) is 11.4 Å². The molecule has 4 nitrogen and oxygen atoms in total. The Labute approximate surface area is 111 Å². The molecule has 0 bridgehead atoms. The predicted octanol–water partition coefficient (Wildman–Crippen LogP) is 2.86.